The van der Waals surface area contributed by atoms with Gasteiger partial charge in [-0.1, -0.05) is 23.7 Å². The zero-order valence-corrected chi connectivity index (χ0v) is 9.15. The van der Waals surface area contributed by atoms with Crippen LogP contribution in [0, 0.1) is 0 Å². The second-order valence-corrected chi connectivity index (χ2v) is 3.83. The minimum atomic E-state index is -1.47. The van der Waals surface area contributed by atoms with Crippen LogP contribution < -0.4 is 0 Å². The first-order valence-electron chi connectivity index (χ1n) is 4.53. The molecule has 5 heteroatoms. The van der Waals surface area contributed by atoms with Crippen molar-refractivity contribution in [3.05, 3.63) is 35.0 Å². The van der Waals surface area contributed by atoms with Gasteiger partial charge in [-0.3, -0.25) is 4.79 Å². The number of para-hydroxylation sites is 1. The molecule has 4 nitrogen and oxygen atoms in total. The van der Waals surface area contributed by atoms with E-state index >= 15 is 0 Å². The molecule has 1 aromatic carbocycles. The third kappa shape index (κ3) is 1.47. The molecular formula is C11H8ClNO3. The number of carboxylic acid groups (broad SMARTS) is 1. The number of Topliss-reactive ketones (excluding diaryl/α,β-unsaturated/α-hetero) is 1. The van der Waals surface area contributed by atoms with Gasteiger partial charge < -0.3 is 9.67 Å². The monoisotopic (exact) mass is 237 g/mol. The SMILES string of the molecule is Cn1cc(Cl)c2cccc(C(=O)C(=O)O)c21. The summed E-state index contributed by atoms with van der Waals surface area (Å²) < 4.78 is 1.65. The number of rotatable bonds is 2. The zero-order chi connectivity index (χ0) is 11.9. The number of aliphatic carboxylic acids is 1. The molecular weight excluding hydrogens is 230 g/mol. The Morgan fingerprint density at radius 1 is 1.38 bits per heavy atom. The first kappa shape index (κ1) is 10.7. The van der Waals surface area contributed by atoms with Crippen molar-refractivity contribution in [3.63, 3.8) is 0 Å². The van der Waals surface area contributed by atoms with Crippen molar-refractivity contribution in [2.75, 3.05) is 0 Å². The number of benzene rings is 1. The molecule has 0 spiro atoms. The van der Waals surface area contributed by atoms with E-state index in [1.165, 1.54) is 6.07 Å². The van der Waals surface area contributed by atoms with Gasteiger partial charge in [-0.05, 0) is 6.07 Å². The second kappa shape index (κ2) is 3.64. The van der Waals surface area contributed by atoms with Gasteiger partial charge in [0.2, 0.25) is 0 Å². The summed E-state index contributed by atoms with van der Waals surface area (Å²) in [6.07, 6.45) is 1.64. The topological polar surface area (TPSA) is 59.3 Å². The smallest absolute Gasteiger partial charge is 0.377 e. The van der Waals surface area contributed by atoms with Crippen LogP contribution in [0.1, 0.15) is 10.4 Å². The molecule has 82 valence electrons. The molecule has 0 saturated heterocycles. The number of hydrogen-bond acceptors (Lipinski definition) is 2. The van der Waals surface area contributed by atoms with E-state index in [2.05, 4.69) is 0 Å². The van der Waals surface area contributed by atoms with Crippen LogP contribution in [0.5, 0.6) is 0 Å². The predicted molar refractivity (Wildman–Crippen MR) is 59.9 cm³/mol. The Bertz CT molecular complexity index is 601. The Kier molecular flexibility index (Phi) is 2.44. The maximum Gasteiger partial charge on any atom is 0.377 e. The highest BCUT2D eigenvalue weighted by atomic mass is 35.5. The lowest BCUT2D eigenvalue weighted by atomic mass is 10.1. The normalized spacial score (nSPS) is 10.6. The molecule has 1 heterocycles. The van der Waals surface area contributed by atoms with Crippen LogP contribution in [-0.4, -0.2) is 21.4 Å². The summed E-state index contributed by atoms with van der Waals surface area (Å²) in [6.45, 7) is 0. The van der Waals surface area contributed by atoms with Gasteiger partial charge in [0.15, 0.2) is 0 Å². The molecule has 0 bridgehead atoms. The first-order chi connectivity index (χ1) is 7.52. The number of carboxylic acids is 1. The van der Waals surface area contributed by atoms with E-state index in [4.69, 9.17) is 16.7 Å². The van der Waals surface area contributed by atoms with E-state index in [1.54, 1.807) is 29.9 Å². The highest BCUT2D eigenvalue weighted by Gasteiger charge is 2.19. The van der Waals surface area contributed by atoms with Crippen LogP contribution in [0.25, 0.3) is 10.9 Å². The summed E-state index contributed by atoms with van der Waals surface area (Å²) in [5.74, 6) is -2.40. The van der Waals surface area contributed by atoms with Gasteiger partial charge in [-0.15, -0.1) is 0 Å². The molecule has 0 radical (unpaired) electrons. The van der Waals surface area contributed by atoms with Crippen LogP contribution in [-0.2, 0) is 11.8 Å². The van der Waals surface area contributed by atoms with Gasteiger partial charge in [-0.2, -0.15) is 0 Å². The van der Waals surface area contributed by atoms with E-state index < -0.39 is 11.8 Å². The molecule has 0 aliphatic heterocycles. The van der Waals surface area contributed by atoms with Gasteiger partial charge in [0.1, 0.15) is 0 Å². The molecule has 0 aliphatic carbocycles. The maximum absolute atomic E-state index is 11.5. The van der Waals surface area contributed by atoms with Gasteiger partial charge in [0.25, 0.3) is 5.78 Å². The number of aryl methyl sites for hydroxylation is 1. The van der Waals surface area contributed by atoms with Gasteiger partial charge in [-0.25, -0.2) is 4.79 Å². The fraction of sp³-hybridized carbons (Fsp3) is 0.0909. The highest BCUT2D eigenvalue weighted by Crippen LogP contribution is 2.27. The zero-order valence-electron chi connectivity index (χ0n) is 8.40. The lowest BCUT2D eigenvalue weighted by molar-refractivity contribution is -0.131. The molecule has 1 N–H and O–H groups in total. The molecule has 0 unspecified atom stereocenters. The number of halogens is 1. The average molecular weight is 238 g/mol. The minimum absolute atomic E-state index is 0.152. The third-order valence-electron chi connectivity index (χ3n) is 2.39. The highest BCUT2D eigenvalue weighted by molar-refractivity contribution is 6.43. The molecule has 16 heavy (non-hydrogen) atoms. The number of ketones is 1. The third-order valence-corrected chi connectivity index (χ3v) is 2.69. The average Bonchev–Trinajstić information content (AvgIpc) is 2.54. The van der Waals surface area contributed by atoms with Crippen molar-refractivity contribution in [1.82, 2.24) is 4.57 Å². The second-order valence-electron chi connectivity index (χ2n) is 3.42. The van der Waals surface area contributed by atoms with Crippen molar-refractivity contribution >= 4 is 34.3 Å². The summed E-state index contributed by atoms with van der Waals surface area (Å²) in [6, 6.07) is 4.84. The van der Waals surface area contributed by atoms with Crippen molar-refractivity contribution in [3.8, 4) is 0 Å². The minimum Gasteiger partial charge on any atom is -0.475 e. The maximum atomic E-state index is 11.5. The summed E-state index contributed by atoms with van der Waals surface area (Å²) >= 11 is 5.95. The molecule has 1 aromatic heterocycles. The summed E-state index contributed by atoms with van der Waals surface area (Å²) in [5.41, 5.74) is 0.694. The lowest BCUT2D eigenvalue weighted by Crippen LogP contribution is -2.13. The first-order valence-corrected chi connectivity index (χ1v) is 4.91. The van der Waals surface area contributed by atoms with Crippen LogP contribution in [0.15, 0.2) is 24.4 Å². The van der Waals surface area contributed by atoms with E-state index in [-0.39, 0.29) is 5.56 Å². The summed E-state index contributed by atoms with van der Waals surface area (Å²) in [7, 11) is 1.72. The lowest BCUT2D eigenvalue weighted by Gasteiger charge is -2.02. The Labute approximate surface area is 96.0 Å². The fourth-order valence-electron chi connectivity index (χ4n) is 1.72. The summed E-state index contributed by atoms with van der Waals surface area (Å²) in [5, 5.41) is 9.88. The number of hydrogen-bond donors (Lipinski definition) is 1. The molecule has 0 saturated carbocycles. The molecule has 2 rings (SSSR count). The molecule has 0 aliphatic rings. The number of aromatic nitrogens is 1. The van der Waals surface area contributed by atoms with Gasteiger partial charge >= 0.3 is 5.97 Å². The van der Waals surface area contributed by atoms with Crippen molar-refractivity contribution in [1.29, 1.82) is 0 Å². The molecule has 2 aromatic rings. The number of carbonyl (C=O) groups is 2. The van der Waals surface area contributed by atoms with Gasteiger partial charge in [0, 0.05) is 18.6 Å². The predicted octanol–water partition coefficient (Wildman–Crippen LogP) is 2.10. The van der Waals surface area contributed by atoms with E-state index in [1.807, 2.05) is 0 Å². The standard InChI is InChI=1S/C11H8ClNO3/c1-13-5-8(12)6-3-2-4-7(9(6)13)10(14)11(15)16/h2-5H,1H3,(H,15,16). The Balaban J connectivity index is 2.80. The van der Waals surface area contributed by atoms with Crippen LogP contribution in [0.4, 0.5) is 0 Å². The number of carbonyl (C=O) groups excluding carboxylic acids is 1. The number of nitrogens with zero attached hydrogens (tertiary/aromatic N) is 1. The largest absolute Gasteiger partial charge is 0.475 e. The summed E-state index contributed by atoms with van der Waals surface area (Å²) in [4.78, 5) is 22.1. The molecule has 0 atom stereocenters. The Morgan fingerprint density at radius 2 is 2.06 bits per heavy atom. The number of fused-ring (bicyclic) bond motifs is 1. The molecule has 0 fully saturated rings. The Morgan fingerprint density at radius 3 is 2.69 bits per heavy atom. The van der Waals surface area contributed by atoms with E-state index in [9.17, 15) is 9.59 Å². The molecule has 0 amide bonds. The van der Waals surface area contributed by atoms with E-state index in [0.717, 1.165) is 0 Å². The van der Waals surface area contributed by atoms with Crippen molar-refractivity contribution in [2.45, 2.75) is 0 Å². The van der Waals surface area contributed by atoms with E-state index in [0.29, 0.717) is 15.9 Å². The quantitative estimate of drug-likeness (QED) is 0.643. The van der Waals surface area contributed by atoms with Crippen LogP contribution in [0.3, 0.4) is 0 Å². The van der Waals surface area contributed by atoms with Crippen molar-refractivity contribution in [2.24, 2.45) is 7.05 Å². The van der Waals surface area contributed by atoms with Gasteiger partial charge in [0.05, 0.1) is 16.1 Å². The fourth-order valence-corrected chi connectivity index (χ4v) is 2.02. The van der Waals surface area contributed by atoms with Crippen LogP contribution >= 0.6 is 11.6 Å². The van der Waals surface area contributed by atoms with Crippen LogP contribution in [0.2, 0.25) is 5.02 Å². The van der Waals surface area contributed by atoms with Crippen molar-refractivity contribution < 1.29 is 14.7 Å². The Hall–Kier alpha value is -1.81.